The van der Waals surface area contributed by atoms with Gasteiger partial charge in [0.25, 0.3) is 0 Å². The third kappa shape index (κ3) is 2.63. The first kappa shape index (κ1) is 14.7. The first-order valence-electron chi connectivity index (χ1n) is 8.35. The molecule has 1 saturated heterocycles. The standard InChI is InChI=1S/C18H22N4S/c1-21-11-9-13(12-21)17-16(15-8-4-5-10-19-15)20-18(23)22(17)14-6-2-3-7-14/h4-5,8-12,14,16-17H,2-3,6-7H2,1H3,(H,20,23)/t16-,17-/m1/s1. The molecule has 0 bridgehead atoms. The fourth-order valence-corrected chi connectivity index (χ4v) is 4.39. The van der Waals surface area contributed by atoms with E-state index in [0.717, 1.165) is 10.8 Å². The van der Waals surface area contributed by atoms with Crippen LogP contribution in [0, 0.1) is 0 Å². The Hall–Kier alpha value is -1.88. The molecule has 4 rings (SSSR count). The Labute approximate surface area is 142 Å². The molecule has 5 heteroatoms. The highest BCUT2D eigenvalue weighted by atomic mass is 32.1. The predicted octanol–water partition coefficient (Wildman–Crippen LogP) is 3.34. The van der Waals surface area contributed by atoms with Crippen LogP contribution in [0.5, 0.6) is 0 Å². The van der Waals surface area contributed by atoms with Crippen LogP contribution in [-0.2, 0) is 7.05 Å². The molecule has 3 heterocycles. The monoisotopic (exact) mass is 326 g/mol. The van der Waals surface area contributed by atoms with Crippen LogP contribution in [0.15, 0.2) is 42.9 Å². The van der Waals surface area contributed by atoms with E-state index >= 15 is 0 Å². The maximum absolute atomic E-state index is 5.72. The zero-order valence-corrected chi connectivity index (χ0v) is 14.2. The van der Waals surface area contributed by atoms with Crippen LogP contribution < -0.4 is 5.32 Å². The highest BCUT2D eigenvalue weighted by Gasteiger charge is 2.43. The summed E-state index contributed by atoms with van der Waals surface area (Å²) >= 11 is 5.72. The van der Waals surface area contributed by atoms with Crippen molar-refractivity contribution in [2.45, 2.75) is 43.8 Å². The van der Waals surface area contributed by atoms with Crippen molar-refractivity contribution in [3.8, 4) is 0 Å². The number of thiocarbonyl (C=S) groups is 1. The molecule has 1 aliphatic carbocycles. The van der Waals surface area contributed by atoms with Gasteiger partial charge in [-0.3, -0.25) is 4.98 Å². The number of aromatic nitrogens is 2. The van der Waals surface area contributed by atoms with Crippen LogP contribution in [0.4, 0.5) is 0 Å². The van der Waals surface area contributed by atoms with Crippen molar-refractivity contribution in [2.24, 2.45) is 7.05 Å². The Morgan fingerprint density at radius 1 is 1.22 bits per heavy atom. The smallest absolute Gasteiger partial charge is 0.170 e. The minimum atomic E-state index is 0.117. The molecule has 2 aliphatic rings. The summed E-state index contributed by atoms with van der Waals surface area (Å²) in [5.41, 5.74) is 2.37. The van der Waals surface area contributed by atoms with Gasteiger partial charge in [-0.1, -0.05) is 18.9 Å². The molecule has 2 atom stereocenters. The predicted molar refractivity (Wildman–Crippen MR) is 95.0 cm³/mol. The minimum absolute atomic E-state index is 0.117. The first-order valence-corrected chi connectivity index (χ1v) is 8.76. The van der Waals surface area contributed by atoms with E-state index in [1.807, 2.05) is 18.3 Å². The van der Waals surface area contributed by atoms with E-state index in [0.29, 0.717) is 6.04 Å². The maximum atomic E-state index is 5.72. The summed E-state index contributed by atoms with van der Waals surface area (Å²) in [6.07, 6.45) is 11.3. The van der Waals surface area contributed by atoms with Crippen molar-refractivity contribution in [2.75, 3.05) is 0 Å². The molecular weight excluding hydrogens is 304 g/mol. The molecule has 2 aromatic heterocycles. The van der Waals surface area contributed by atoms with Crippen LogP contribution in [0.1, 0.15) is 49.0 Å². The van der Waals surface area contributed by atoms with Gasteiger partial charge < -0.3 is 14.8 Å². The van der Waals surface area contributed by atoms with Gasteiger partial charge in [0.2, 0.25) is 0 Å². The normalized spacial score (nSPS) is 25.1. The lowest BCUT2D eigenvalue weighted by Crippen LogP contribution is -2.37. The van der Waals surface area contributed by atoms with Crippen LogP contribution in [-0.4, -0.2) is 25.6 Å². The number of hydrogen-bond acceptors (Lipinski definition) is 2. The van der Waals surface area contributed by atoms with Crippen molar-refractivity contribution in [3.05, 3.63) is 54.1 Å². The van der Waals surface area contributed by atoms with Gasteiger partial charge in [0, 0.05) is 31.7 Å². The second-order valence-corrected chi connectivity index (χ2v) is 6.97. The zero-order chi connectivity index (χ0) is 15.8. The molecule has 4 nitrogen and oxygen atoms in total. The van der Waals surface area contributed by atoms with Crippen molar-refractivity contribution in [3.63, 3.8) is 0 Å². The third-order valence-electron chi connectivity index (χ3n) is 5.05. The Morgan fingerprint density at radius 2 is 2.04 bits per heavy atom. The Kier molecular flexibility index (Phi) is 3.81. The molecule has 1 N–H and O–H groups in total. The van der Waals surface area contributed by atoms with Crippen LogP contribution in [0.25, 0.3) is 0 Å². The van der Waals surface area contributed by atoms with E-state index in [9.17, 15) is 0 Å². The summed E-state index contributed by atoms with van der Waals surface area (Å²) in [7, 11) is 2.07. The average Bonchev–Trinajstić information content (AvgIpc) is 3.27. The number of hydrogen-bond donors (Lipinski definition) is 1. The molecule has 0 amide bonds. The van der Waals surface area contributed by atoms with E-state index in [2.05, 4.69) is 51.3 Å². The molecule has 120 valence electrons. The van der Waals surface area contributed by atoms with Crippen molar-refractivity contribution in [1.82, 2.24) is 19.8 Å². The molecule has 23 heavy (non-hydrogen) atoms. The summed E-state index contributed by atoms with van der Waals surface area (Å²) in [6, 6.07) is 9.20. The quantitative estimate of drug-likeness (QED) is 0.877. The fourth-order valence-electron chi connectivity index (χ4n) is 4.00. The number of nitrogens with zero attached hydrogens (tertiary/aromatic N) is 3. The third-order valence-corrected chi connectivity index (χ3v) is 5.38. The molecule has 2 fully saturated rings. The number of nitrogens with one attached hydrogen (secondary N) is 1. The highest BCUT2D eigenvalue weighted by Crippen LogP contribution is 2.42. The Morgan fingerprint density at radius 3 is 2.70 bits per heavy atom. The van der Waals surface area contributed by atoms with E-state index in [4.69, 9.17) is 12.2 Å². The second kappa shape index (κ2) is 5.96. The second-order valence-electron chi connectivity index (χ2n) is 6.58. The number of pyridine rings is 1. The Bertz CT molecular complexity index is 690. The Balaban J connectivity index is 1.75. The lowest BCUT2D eigenvalue weighted by molar-refractivity contribution is 0.245. The molecule has 1 aliphatic heterocycles. The van der Waals surface area contributed by atoms with Gasteiger partial charge in [-0.25, -0.2) is 0 Å². The highest BCUT2D eigenvalue weighted by molar-refractivity contribution is 7.80. The van der Waals surface area contributed by atoms with Gasteiger partial charge in [-0.05, 0) is 48.8 Å². The van der Waals surface area contributed by atoms with Crippen LogP contribution in [0.3, 0.4) is 0 Å². The van der Waals surface area contributed by atoms with Crippen molar-refractivity contribution >= 4 is 17.3 Å². The van der Waals surface area contributed by atoms with E-state index < -0.39 is 0 Å². The van der Waals surface area contributed by atoms with Crippen LogP contribution in [0.2, 0.25) is 0 Å². The molecule has 0 radical (unpaired) electrons. The summed E-state index contributed by atoms with van der Waals surface area (Å²) in [5.74, 6) is 0. The van der Waals surface area contributed by atoms with Gasteiger partial charge in [0.05, 0.1) is 17.8 Å². The molecule has 0 unspecified atom stereocenters. The van der Waals surface area contributed by atoms with Gasteiger partial charge in [-0.2, -0.15) is 0 Å². The van der Waals surface area contributed by atoms with E-state index in [1.54, 1.807) is 0 Å². The molecule has 0 spiro atoms. The van der Waals surface area contributed by atoms with Gasteiger partial charge in [-0.15, -0.1) is 0 Å². The lowest BCUT2D eigenvalue weighted by Gasteiger charge is -2.32. The van der Waals surface area contributed by atoms with Gasteiger partial charge in [0.1, 0.15) is 0 Å². The van der Waals surface area contributed by atoms with E-state index in [-0.39, 0.29) is 12.1 Å². The van der Waals surface area contributed by atoms with Crippen molar-refractivity contribution < 1.29 is 0 Å². The first-order chi connectivity index (χ1) is 11.2. The maximum Gasteiger partial charge on any atom is 0.170 e. The van der Waals surface area contributed by atoms with Crippen LogP contribution >= 0.6 is 12.2 Å². The SMILES string of the molecule is Cn1ccc([C@@H]2[C@@H](c3ccccn3)NC(=S)N2C2CCCC2)c1. The summed E-state index contributed by atoms with van der Waals surface area (Å²) in [4.78, 5) is 7.02. The van der Waals surface area contributed by atoms with Gasteiger partial charge in [0.15, 0.2) is 5.11 Å². The fraction of sp³-hybridized carbons (Fsp3) is 0.444. The number of aryl methyl sites for hydroxylation is 1. The summed E-state index contributed by atoms with van der Waals surface area (Å²) < 4.78 is 2.11. The minimum Gasteiger partial charge on any atom is -0.357 e. The summed E-state index contributed by atoms with van der Waals surface area (Å²) in [5, 5.41) is 4.42. The molecule has 0 aromatic carbocycles. The van der Waals surface area contributed by atoms with Gasteiger partial charge >= 0.3 is 0 Å². The van der Waals surface area contributed by atoms with E-state index in [1.165, 1.54) is 31.2 Å². The molecule has 1 saturated carbocycles. The average molecular weight is 326 g/mol. The molecule has 2 aromatic rings. The van der Waals surface area contributed by atoms with Crippen molar-refractivity contribution in [1.29, 1.82) is 0 Å². The topological polar surface area (TPSA) is 33.1 Å². The lowest BCUT2D eigenvalue weighted by atomic mass is 9.97. The molecular formula is C18H22N4S. The number of rotatable bonds is 3. The largest absolute Gasteiger partial charge is 0.357 e. The summed E-state index contributed by atoms with van der Waals surface area (Å²) in [6.45, 7) is 0. The zero-order valence-electron chi connectivity index (χ0n) is 13.4.